The number of fused-ring (bicyclic) bond motifs is 1. The van der Waals surface area contributed by atoms with Crippen LogP contribution in [0.1, 0.15) is 30.5 Å². The lowest BCUT2D eigenvalue weighted by Gasteiger charge is -2.05. The molecule has 1 heterocycles. The van der Waals surface area contributed by atoms with Crippen molar-refractivity contribution in [1.82, 2.24) is 9.55 Å². The van der Waals surface area contributed by atoms with Gasteiger partial charge in [-0.1, -0.05) is 0 Å². The zero-order valence-electron chi connectivity index (χ0n) is 8.58. The van der Waals surface area contributed by atoms with Crippen LogP contribution in [0, 0.1) is 5.92 Å². The Morgan fingerprint density at radius 2 is 2.07 bits per heavy atom. The minimum absolute atomic E-state index is 0.0434. The summed E-state index contributed by atoms with van der Waals surface area (Å²) in [7, 11) is 0. The highest BCUT2D eigenvalue weighted by atomic mass is 16.2. The average molecular weight is 206 g/mol. The Morgan fingerprint density at radius 1 is 1.27 bits per heavy atom. The molecule has 1 saturated carbocycles. The van der Waals surface area contributed by atoms with Gasteiger partial charge in [-0.05, 0) is 38.0 Å². The van der Waals surface area contributed by atoms with E-state index in [9.17, 15) is 9.59 Å². The van der Waals surface area contributed by atoms with Crippen molar-refractivity contribution in [3.05, 3.63) is 32.1 Å². The fourth-order valence-electron chi connectivity index (χ4n) is 2.29. The molecule has 0 radical (unpaired) electrons. The highest BCUT2D eigenvalue weighted by Crippen LogP contribution is 2.29. The lowest BCUT2D eigenvalue weighted by atomic mass is 10.2. The molecular formula is C11H14N2O2. The quantitative estimate of drug-likeness (QED) is 0.763. The van der Waals surface area contributed by atoms with Crippen molar-refractivity contribution >= 4 is 0 Å². The first-order valence-corrected chi connectivity index (χ1v) is 5.60. The van der Waals surface area contributed by atoms with Crippen molar-refractivity contribution < 1.29 is 0 Å². The van der Waals surface area contributed by atoms with Crippen molar-refractivity contribution in [3.63, 3.8) is 0 Å². The first-order chi connectivity index (χ1) is 7.25. The molecule has 4 nitrogen and oxygen atoms in total. The minimum Gasteiger partial charge on any atom is -0.311 e. The van der Waals surface area contributed by atoms with E-state index >= 15 is 0 Å². The Hall–Kier alpha value is -1.32. The molecule has 4 heteroatoms. The number of hydrogen-bond acceptors (Lipinski definition) is 2. The molecule has 1 fully saturated rings. The molecule has 0 bridgehead atoms. The van der Waals surface area contributed by atoms with Crippen LogP contribution in [0.15, 0.2) is 9.59 Å². The molecule has 0 amide bonds. The third-order valence-electron chi connectivity index (χ3n) is 3.36. The van der Waals surface area contributed by atoms with Crippen molar-refractivity contribution in [3.8, 4) is 0 Å². The topological polar surface area (TPSA) is 54.9 Å². The summed E-state index contributed by atoms with van der Waals surface area (Å²) in [5.74, 6) is 0.559. The van der Waals surface area contributed by atoms with Gasteiger partial charge in [0.2, 0.25) is 0 Å². The van der Waals surface area contributed by atoms with Crippen LogP contribution in [0.25, 0.3) is 0 Å². The molecule has 80 valence electrons. The Morgan fingerprint density at radius 3 is 2.80 bits per heavy atom. The molecule has 0 spiro atoms. The number of aromatic nitrogens is 2. The van der Waals surface area contributed by atoms with Crippen LogP contribution in [-0.2, 0) is 19.4 Å². The maximum atomic E-state index is 12.0. The smallest absolute Gasteiger partial charge is 0.311 e. The van der Waals surface area contributed by atoms with Crippen LogP contribution in [0.2, 0.25) is 0 Å². The predicted octanol–water partition coefficient (Wildman–Crippen LogP) is 0.435. The Labute approximate surface area is 86.9 Å². The molecule has 0 unspecified atom stereocenters. The standard InChI is InChI=1S/C11H14N2O2/c14-10-8-2-1-3-9(8)12-11(15)13(10)6-7-4-5-7/h7H,1-6H2,(H,12,15). The zero-order chi connectivity index (χ0) is 10.4. The van der Waals surface area contributed by atoms with Crippen LogP contribution < -0.4 is 11.2 Å². The zero-order valence-corrected chi connectivity index (χ0v) is 8.58. The van der Waals surface area contributed by atoms with Crippen molar-refractivity contribution in [2.45, 2.75) is 38.6 Å². The number of rotatable bonds is 2. The van der Waals surface area contributed by atoms with Crippen molar-refractivity contribution in [2.75, 3.05) is 0 Å². The molecule has 1 N–H and O–H groups in total. The van der Waals surface area contributed by atoms with Crippen molar-refractivity contribution in [2.24, 2.45) is 5.92 Å². The fourth-order valence-corrected chi connectivity index (χ4v) is 2.29. The summed E-state index contributed by atoms with van der Waals surface area (Å²) >= 11 is 0. The summed E-state index contributed by atoms with van der Waals surface area (Å²) < 4.78 is 1.39. The summed E-state index contributed by atoms with van der Waals surface area (Å²) in [5, 5.41) is 0. The van der Waals surface area contributed by atoms with Crippen LogP contribution >= 0.6 is 0 Å². The highest BCUT2D eigenvalue weighted by Gasteiger charge is 2.25. The third kappa shape index (κ3) is 1.44. The van der Waals surface area contributed by atoms with E-state index in [0.29, 0.717) is 12.5 Å². The van der Waals surface area contributed by atoms with Crippen LogP contribution in [0.4, 0.5) is 0 Å². The molecule has 15 heavy (non-hydrogen) atoms. The van der Waals surface area contributed by atoms with E-state index in [-0.39, 0.29) is 11.2 Å². The van der Waals surface area contributed by atoms with Gasteiger partial charge in [-0.3, -0.25) is 9.36 Å². The van der Waals surface area contributed by atoms with Gasteiger partial charge < -0.3 is 4.98 Å². The monoisotopic (exact) mass is 206 g/mol. The second-order valence-corrected chi connectivity index (χ2v) is 4.60. The fraction of sp³-hybridized carbons (Fsp3) is 0.636. The van der Waals surface area contributed by atoms with Crippen LogP contribution in [-0.4, -0.2) is 9.55 Å². The van der Waals surface area contributed by atoms with Gasteiger partial charge in [-0.2, -0.15) is 0 Å². The molecule has 1 aromatic rings. The van der Waals surface area contributed by atoms with Crippen LogP contribution in [0.5, 0.6) is 0 Å². The number of aryl methyl sites for hydroxylation is 1. The van der Waals surface area contributed by atoms with Gasteiger partial charge >= 0.3 is 5.69 Å². The molecule has 3 rings (SSSR count). The summed E-state index contributed by atoms with van der Waals surface area (Å²) in [6.45, 7) is 0.613. The molecule has 2 aliphatic carbocycles. The Balaban J connectivity index is 2.13. The number of hydrogen-bond donors (Lipinski definition) is 1. The van der Waals surface area contributed by atoms with Crippen molar-refractivity contribution in [1.29, 1.82) is 0 Å². The van der Waals surface area contributed by atoms with E-state index in [1.807, 2.05) is 0 Å². The maximum absolute atomic E-state index is 12.0. The predicted molar refractivity (Wildman–Crippen MR) is 56.1 cm³/mol. The molecule has 0 aliphatic heterocycles. The second-order valence-electron chi connectivity index (χ2n) is 4.60. The van der Waals surface area contributed by atoms with E-state index in [0.717, 1.165) is 43.4 Å². The normalized spacial score (nSPS) is 19.2. The number of aromatic amines is 1. The molecular weight excluding hydrogens is 192 g/mol. The maximum Gasteiger partial charge on any atom is 0.328 e. The third-order valence-corrected chi connectivity index (χ3v) is 3.36. The number of H-pyrrole nitrogens is 1. The van der Waals surface area contributed by atoms with Gasteiger partial charge in [0.15, 0.2) is 0 Å². The Bertz CT molecular complexity index is 508. The molecule has 2 aliphatic rings. The number of nitrogens with zero attached hydrogens (tertiary/aromatic N) is 1. The summed E-state index contributed by atoms with van der Waals surface area (Å²) in [4.78, 5) is 26.5. The van der Waals surface area contributed by atoms with Gasteiger partial charge in [-0.25, -0.2) is 4.79 Å². The van der Waals surface area contributed by atoms with Gasteiger partial charge in [-0.15, -0.1) is 0 Å². The minimum atomic E-state index is -0.215. The SMILES string of the molecule is O=c1[nH]c2c(c(=O)n1CC1CC1)CCC2. The average Bonchev–Trinajstić information content (AvgIpc) is 2.90. The van der Waals surface area contributed by atoms with Crippen LogP contribution in [0.3, 0.4) is 0 Å². The second kappa shape index (κ2) is 3.08. The summed E-state index contributed by atoms with van der Waals surface area (Å²) in [6, 6.07) is 0. The van der Waals surface area contributed by atoms with Gasteiger partial charge in [0.1, 0.15) is 0 Å². The molecule has 0 saturated heterocycles. The molecule has 0 atom stereocenters. The van der Waals surface area contributed by atoms with E-state index < -0.39 is 0 Å². The largest absolute Gasteiger partial charge is 0.328 e. The lowest BCUT2D eigenvalue weighted by Crippen LogP contribution is -2.38. The summed E-state index contributed by atoms with van der Waals surface area (Å²) in [6.07, 6.45) is 4.99. The molecule has 0 aromatic carbocycles. The van der Waals surface area contributed by atoms with Gasteiger partial charge in [0, 0.05) is 17.8 Å². The molecule has 1 aromatic heterocycles. The van der Waals surface area contributed by atoms with E-state index in [2.05, 4.69) is 4.98 Å². The summed E-state index contributed by atoms with van der Waals surface area (Å²) in [5.41, 5.74) is 1.46. The number of nitrogens with one attached hydrogen (secondary N) is 1. The van der Waals surface area contributed by atoms with Gasteiger partial charge in [0.05, 0.1) is 0 Å². The first kappa shape index (κ1) is 8.95. The van der Waals surface area contributed by atoms with E-state index in [1.54, 1.807) is 0 Å². The first-order valence-electron chi connectivity index (χ1n) is 5.60. The van der Waals surface area contributed by atoms with Gasteiger partial charge in [0.25, 0.3) is 5.56 Å². The van der Waals surface area contributed by atoms with E-state index in [4.69, 9.17) is 0 Å². The highest BCUT2D eigenvalue weighted by molar-refractivity contribution is 5.21. The lowest BCUT2D eigenvalue weighted by molar-refractivity contribution is 0.569. The van der Waals surface area contributed by atoms with E-state index in [1.165, 1.54) is 4.57 Å². The Kier molecular flexibility index (Phi) is 1.84.